The number of carbonyl (C=O) groups is 1. The number of methoxy groups -OCH3 is 1. The second-order valence-corrected chi connectivity index (χ2v) is 7.82. The molecule has 0 N–H and O–H groups in total. The molecule has 2 aliphatic rings. The molecular weight excluding hydrogens is 336 g/mol. The van der Waals surface area contributed by atoms with Crippen molar-refractivity contribution < 1.29 is 9.53 Å². The molecule has 1 saturated carbocycles. The fraction of sp³-hybridized carbons (Fsp3) is 0.478. The van der Waals surface area contributed by atoms with Crippen LogP contribution in [-0.4, -0.2) is 41.9 Å². The van der Waals surface area contributed by atoms with Gasteiger partial charge in [0.15, 0.2) is 0 Å². The zero-order valence-electron chi connectivity index (χ0n) is 16.1. The van der Waals surface area contributed by atoms with Gasteiger partial charge in [0.1, 0.15) is 5.78 Å². The van der Waals surface area contributed by atoms with Gasteiger partial charge in [0.25, 0.3) is 0 Å². The molecule has 4 rings (SSSR count). The monoisotopic (exact) mass is 364 g/mol. The van der Waals surface area contributed by atoms with E-state index >= 15 is 0 Å². The van der Waals surface area contributed by atoms with Crippen LogP contribution < -0.4 is 4.74 Å². The standard InChI is InChI=1S/C23H28N2O2/c1-27-23-8-6-18(16-24-23)15-22(26)14-17-5-7-19-9-11-25(21-3-2-4-21)12-10-20(19)13-17/h5-8,13,16,21H,2-4,9-12,14-15H2,1H3. The Morgan fingerprint density at radius 3 is 2.48 bits per heavy atom. The first-order valence-corrected chi connectivity index (χ1v) is 10.1. The number of hydrogen-bond donors (Lipinski definition) is 0. The Morgan fingerprint density at radius 1 is 1.07 bits per heavy atom. The van der Waals surface area contributed by atoms with Gasteiger partial charge in [-0.1, -0.05) is 30.7 Å². The Balaban J connectivity index is 1.37. The summed E-state index contributed by atoms with van der Waals surface area (Å²) in [6.45, 7) is 2.34. The van der Waals surface area contributed by atoms with Gasteiger partial charge >= 0.3 is 0 Å². The number of Topliss-reactive ketones (excluding diaryl/α,β-unsaturated/α-hetero) is 1. The highest BCUT2D eigenvalue weighted by Crippen LogP contribution is 2.27. The van der Waals surface area contributed by atoms with Crippen LogP contribution in [0.25, 0.3) is 0 Å². The van der Waals surface area contributed by atoms with Crippen LogP contribution >= 0.6 is 0 Å². The highest BCUT2D eigenvalue weighted by Gasteiger charge is 2.26. The van der Waals surface area contributed by atoms with Crippen LogP contribution in [0.1, 0.15) is 41.5 Å². The van der Waals surface area contributed by atoms with E-state index in [1.165, 1.54) is 36.9 Å². The highest BCUT2D eigenvalue weighted by atomic mass is 16.5. The number of ether oxygens (including phenoxy) is 1. The lowest BCUT2D eigenvalue weighted by Gasteiger charge is -2.36. The van der Waals surface area contributed by atoms with Gasteiger partial charge in [-0.25, -0.2) is 4.98 Å². The van der Waals surface area contributed by atoms with Gasteiger partial charge in [0.05, 0.1) is 7.11 Å². The second kappa shape index (κ2) is 8.22. The molecule has 0 saturated heterocycles. The molecule has 1 aliphatic carbocycles. The van der Waals surface area contributed by atoms with Crippen LogP contribution in [0.4, 0.5) is 0 Å². The van der Waals surface area contributed by atoms with Crippen LogP contribution in [0.2, 0.25) is 0 Å². The molecular formula is C23H28N2O2. The fourth-order valence-corrected chi connectivity index (χ4v) is 4.18. The summed E-state index contributed by atoms with van der Waals surface area (Å²) in [5.74, 6) is 0.805. The SMILES string of the molecule is COc1ccc(CC(=O)Cc2ccc3c(c2)CCN(C2CCC2)CC3)cn1. The summed E-state index contributed by atoms with van der Waals surface area (Å²) in [4.78, 5) is 19.3. The van der Waals surface area contributed by atoms with Gasteiger partial charge in [-0.15, -0.1) is 0 Å². The number of hydrogen-bond acceptors (Lipinski definition) is 4. The van der Waals surface area contributed by atoms with E-state index in [4.69, 9.17) is 4.74 Å². The summed E-state index contributed by atoms with van der Waals surface area (Å²) in [5.41, 5.74) is 4.98. The molecule has 0 spiro atoms. The van der Waals surface area contributed by atoms with Crippen LogP contribution in [0, 0.1) is 0 Å². The summed E-state index contributed by atoms with van der Waals surface area (Å²) in [6.07, 6.45) is 9.02. The normalized spacial score (nSPS) is 17.7. The van der Waals surface area contributed by atoms with Crippen molar-refractivity contribution in [1.82, 2.24) is 9.88 Å². The lowest BCUT2D eigenvalue weighted by molar-refractivity contribution is -0.117. The molecule has 4 heteroatoms. The van der Waals surface area contributed by atoms with E-state index in [0.717, 1.165) is 36.6 Å². The number of benzene rings is 1. The van der Waals surface area contributed by atoms with Crippen molar-refractivity contribution in [2.45, 2.75) is 51.0 Å². The molecule has 0 amide bonds. The van der Waals surface area contributed by atoms with Gasteiger partial charge in [-0.05, 0) is 47.9 Å². The molecule has 0 atom stereocenters. The fourth-order valence-electron chi connectivity index (χ4n) is 4.18. The molecule has 142 valence electrons. The Morgan fingerprint density at radius 2 is 1.81 bits per heavy atom. The van der Waals surface area contributed by atoms with Crippen LogP contribution in [0.15, 0.2) is 36.5 Å². The molecule has 1 aromatic heterocycles. The number of ketones is 1. The van der Waals surface area contributed by atoms with E-state index in [2.05, 4.69) is 28.1 Å². The van der Waals surface area contributed by atoms with E-state index in [9.17, 15) is 4.79 Å². The van der Waals surface area contributed by atoms with E-state index in [1.807, 2.05) is 6.07 Å². The molecule has 2 aromatic rings. The van der Waals surface area contributed by atoms with Crippen LogP contribution in [-0.2, 0) is 30.5 Å². The van der Waals surface area contributed by atoms with E-state index < -0.39 is 0 Å². The quantitative estimate of drug-likeness (QED) is 0.788. The maximum Gasteiger partial charge on any atom is 0.212 e. The lowest BCUT2D eigenvalue weighted by atomic mass is 9.91. The lowest BCUT2D eigenvalue weighted by Crippen LogP contribution is -2.41. The van der Waals surface area contributed by atoms with Crippen molar-refractivity contribution in [2.24, 2.45) is 0 Å². The molecule has 0 unspecified atom stereocenters. The third-order valence-electron chi connectivity index (χ3n) is 6.01. The van der Waals surface area contributed by atoms with Crippen molar-refractivity contribution >= 4 is 5.78 Å². The number of aromatic nitrogens is 1. The molecule has 1 aromatic carbocycles. The molecule has 4 nitrogen and oxygen atoms in total. The Labute approximate surface area is 161 Å². The highest BCUT2D eigenvalue weighted by molar-refractivity contribution is 5.83. The largest absolute Gasteiger partial charge is 0.481 e. The first kappa shape index (κ1) is 18.2. The molecule has 2 heterocycles. The van der Waals surface area contributed by atoms with Gasteiger partial charge in [-0.2, -0.15) is 0 Å². The van der Waals surface area contributed by atoms with Crippen LogP contribution in [0.5, 0.6) is 5.88 Å². The second-order valence-electron chi connectivity index (χ2n) is 7.82. The zero-order valence-corrected chi connectivity index (χ0v) is 16.1. The topological polar surface area (TPSA) is 42.4 Å². The molecule has 0 radical (unpaired) electrons. The average Bonchev–Trinajstić information content (AvgIpc) is 2.83. The number of carbonyl (C=O) groups excluding carboxylic acids is 1. The minimum atomic E-state index is 0.228. The van der Waals surface area contributed by atoms with Gasteiger partial charge in [-0.3, -0.25) is 9.69 Å². The molecule has 27 heavy (non-hydrogen) atoms. The smallest absolute Gasteiger partial charge is 0.212 e. The van der Waals surface area contributed by atoms with E-state index in [-0.39, 0.29) is 5.78 Å². The number of pyridine rings is 1. The first-order valence-electron chi connectivity index (χ1n) is 10.1. The average molecular weight is 364 g/mol. The van der Waals surface area contributed by atoms with Gasteiger partial charge in [0.2, 0.25) is 5.88 Å². The maximum atomic E-state index is 12.5. The number of fused-ring (bicyclic) bond motifs is 1. The third-order valence-corrected chi connectivity index (χ3v) is 6.01. The summed E-state index contributed by atoms with van der Waals surface area (Å²) >= 11 is 0. The minimum Gasteiger partial charge on any atom is -0.481 e. The van der Waals surface area contributed by atoms with E-state index in [1.54, 1.807) is 19.4 Å². The van der Waals surface area contributed by atoms with Crippen LogP contribution in [0.3, 0.4) is 0 Å². The Bertz CT molecular complexity index is 797. The van der Waals surface area contributed by atoms with Crippen molar-refractivity contribution in [1.29, 1.82) is 0 Å². The Kier molecular flexibility index (Phi) is 5.53. The van der Waals surface area contributed by atoms with Crippen molar-refractivity contribution in [3.63, 3.8) is 0 Å². The molecule has 1 fully saturated rings. The molecule has 0 bridgehead atoms. The summed E-state index contributed by atoms with van der Waals surface area (Å²) < 4.78 is 5.07. The summed E-state index contributed by atoms with van der Waals surface area (Å²) in [7, 11) is 1.59. The maximum absolute atomic E-state index is 12.5. The molecule has 1 aliphatic heterocycles. The predicted molar refractivity (Wildman–Crippen MR) is 106 cm³/mol. The van der Waals surface area contributed by atoms with Crippen molar-refractivity contribution in [2.75, 3.05) is 20.2 Å². The zero-order chi connectivity index (χ0) is 18.6. The minimum absolute atomic E-state index is 0.228. The number of nitrogens with zero attached hydrogens (tertiary/aromatic N) is 2. The van der Waals surface area contributed by atoms with Crippen molar-refractivity contribution in [3.8, 4) is 5.88 Å². The van der Waals surface area contributed by atoms with Gasteiger partial charge in [0, 0.05) is 44.2 Å². The third kappa shape index (κ3) is 4.38. The Hall–Kier alpha value is -2.20. The predicted octanol–water partition coefficient (Wildman–Crippen LogP) is 3.40. The summed E-state index contributed by atoms with van der Waals surface area (Å²) in [5, 5.41) is 0. The van der Waals surface area contributed by atoms with Gasteiger partial charge < -0.3 is 4.74 Å². The van der Waals surface area contributed by atoms with E-state index in [0.29, 0.717) is 18.7 Å². The summed E-state index contributed by atoms with van der Waals surface area (Å²) in [6, 6.07) is 11.2. The number of rotatable bonds is 6. The van der Waals surface area contributed by atoms with Crippen molar-refractivity contribution in [3.05, 3.63) is 58.8 Å². The first-order chi connectivity index (χ1) is 13.2.